The Labute approximate surface area is 172 Å². The van der Waals surface area contributed by atoms with Crippen LogP contribution in [0.25, 0.3) is 11.1 Å². The summed E-state index contributed by atoms with van der Waals surface area (Å²) in [5, 5.41) is 0. The van der Waals surface area contributed by atoms with Gasteiger partial charge in [-0.2, -0.15) is 0 Å². The fourth-order valence-electron chi connectivity index (χ4n) is 5.19. The molecule has 5 rings (SSSR count). The first-order chi connectivity index (χ1) is 14.4. The number of carbonyl (C=O) groups excluding carboxylic acids is 3. The van der Waals surface area contributed by atoms with Crippen molar-refractivity contribution in [1.82, 2.24) is 19.3 Å². The summed E-state index contributed by atoms with van der Waals surface area (Å²) >= 11 is 0. The lowest BCUT2D eigenvalue weighted by Crippen LogP contribution is -2.47. The summed E-state index contributed by atoms with van der Waals surface area (Å²) in [5.41, 5.74) is 0.972. The lowest BCUT2D eigenvalue weighted by Gasteiger charge is -2.39. The summed E-state index contributed by atoms with van der Waals surface area (Å²) in [7, 11) is 0. The van der Waals surface area contributed by atoms with Gasteiger partial charge in [-0.25, -0.2) is 9.59 Å². The van der Waals surface area contributed by atoms with Gasteiger partial charge in [0.2, 0.25) is 5.91 Å². The summed E-state index contributed by atoms with van der Waals surface area (Å²) < 4.78 is 6.57. The van der Waals surface area contributed by atoms with Crippen LogP contribution in [0.1, 0.15) is 26.2 Å². The van der Waals surface area contributed by atoms with Gasteiger partial charge in [0.1, 0.15) is 12.6 Å². The van der Waals surface area contributed by atoms with Crippen LogP contribution in [0.5, 0.6) is 0 Å². The van der Waals surface area contributed by atoms with Crippen LogP contribution < -0.4 is 5.76 Å². The van der Waals surface area contributed by atoms with E-state index >= 15 is 0 Å². The van der Waals surface area contributed by atoms with Crippen LogP contribution >= 0.6 is 0 Å². The Kier molecular flexibility index (Phi) is 4.23. The van der Waals surface area contributed by atoms with Crippen LogP contribution in [0.2, 0.25) is 0 Å². The van der Waals surface area contributed by atoms with Crippen LogP contribution in [0, 0.1) is 5.41 Å². The molecule has 158 valence electrons. The average Bonchev–Trinajstić information content (AvgIpc) is 3.33. The summed E-state index contributed by atoms with van der Waals surface area (Å²) in [6, 6.07) is 6.51. The number of rotatable bonds is 3. The maximum absolute atomic E-state index is 12.8. The van der Waals surface area contributed by atoms with Crippen LogP contribution in [-0.4, -0.2) is 69.3 Å². The van der Waals surface area contributed by atoms with Crippen molar-refractivity contribution in [3.63, 3.8) is 0 Å². The minimum absolute atomic E-state index is 0.0555. The molecule has 9 heteroatoms. The molecule has 3 aliphatic rings. The van der Waals surface area contributed by atoms with Crippen molar-refractivity contribution < 1.29 is 18.8 Å². The second kappa shape index (κ2) is 6.72. The highest BCUT2D eigenvalue weighted by Crippen LogP contribution is 2.46. The summed E-state index contributed by atoms with van der Waals surface area (Å²) in [5.74, 6) is -0.752. The Morgan fingerprint density at radius 3 is 2.60 bits per heavy atom. The number of oxazole rings is 1. The topological polar surface area (TPSA) is 96.1 Å². The molecular formula is C21H24N4O5. The predicted octanol–water partition coefficient (Wildman–Crippen LogP) is 1.26. The second-order valence-electron chi connectivity index (χ2n) is 8.52. The molecule has 0 saturated carbocycles. The van der Waals surface area contributed by atoms with Gasteiger partial charge in [0.15, 0.2) is 5.58 Å². The number of aromatic nitrogens is 1. The maximum Gasteiger partial charge on any atom is 0.420 e. The highest BCUT2D eigenvalue weighted by molar-refractivity contribution is 6.04. The van der Waals surface area contributed by atoms with Gasteiger partial charge in [0.05, 0.1) is 5.52 Å². The molecule has 0 radical (unpaired) electrons. The van der Waals surface area contributed by atoms with Gasteiger partial charge >= 0.3 is 11.8 Å². The highest BCUT2D eigenvalue weighted by atomic mass is 16.4. The molecule has 1 spiro atoms. The van der Waals surface area contributed by atoms with Crippen LogP contribution in [0.4, 0.5) is 4.79 Å². The number of likely N-dealkylation sites (N-methyl/N-ethyl adjacent to an activating group) is 1. The zero-order valence-electron chi connectivity index (χ0n) is 16.9. The van der Waals surface area contributed by atoms with Gasteiger partial charge in [0, 0.05) is 26.2 Å². The van der Waals surface area contributed by atoms with Crippen LogP contribution in [-0.2, 0) is 16.1 Å². The number of likely N-dealkylation sites (tertiary alicyclic amines) is 1. The third-order valence-corrected chi connectivity index (χ3v) is 6.90. The SMILES string of the molecule is CCN1C(=O)C2CC3(CCN(C(=O)Cn4c(=O)oc5ccccc54)CC3)CN2C1=O. The van der Waals surface area contributed by atoms with E-state index in [0.717, 1.165) is 12.8 Å². The Balaban J connectivity index is 1.25. The number of hydrogen-bond acceptors (Lipinski definition) is 5. The molecule has 3 aliphatic heterocycles. The summed E-state index contributed by atoms with van der Waals surface area (Å²) in [4.78, 5) is 54.8. The number of hydrogen-bond donors (Lipinski definition) is 0. The Morgan fingerprint density at radius 2 is 1.90 bits per heavy atom. The molecule has 0 bridgehead atoms. The first kappa shape index (κ1) is 18.9. The van der Waals surface area contributed by atoms with E-state index in [1.807, 2.05) is 6.92 Å². The lowest BCUT2D eigenvalue weighted by molar-refractivity contribution is -0.134. The van der Waals surface area contributed by atoms with Crippen molar-refractivity contribution in [2.45, 2.75) is 38.8 Å². The molecule has 9 nitrogen and oxygen atoms in total. The molecule has 3 saturated heterocycles. The van der Waals surface area contributed by atoms with E-state index in [0.29, 0.717) is 43.7 Å². The van der Waals surface area contributed by atoms with E-state index < -0.39 is 5.76 Å². The molecular weight excluding hydrogens is 388 g/mol. The van der Waals surface area contributed by atoms with Crippen molar-refractivity contribution in [2.75, 3.05) is 26.2 Å². The van der Waals surface area contributed by atoms with E-state index in [1.54, 1.807) is 34.1 Å². The number of piperidine rings is 1. The van der Waals surface area contributed by atoms with Crippen LogP contribution in [0.15, 0.2) is 33.5 Å². The van der Waals surface area contributed by atoms with E-state index in [1.165, 1.54) is 9.47 Å². The predicted molar refractivity (Wildman–Crippen MR) is 107 cm³/mol. The Bertz CT molecular complexity index is 1070. The van der Waals surface area contributed by atoms with Gasteiger partial charge in [-0.15, -0.1) is 0 Å². The Morgan fingerprint density at radius 1 is 1.17 bits per heavy atom. The van der Waals surface area contributed by atoms with Crippen molar-refractivity contribution in [1.29, 1.82) is 0 Å². The molecule has 0 aliphatic carbocycles. The molecule has 3 fully saturated rings. The molecule has 4 amide bonds. The smallest absolute Gasteiger partial charge is 0.408 e. The lowest BCUT2D eigenvalue weighted by atomic mass is 9.76. The fraction of sp³-hybridized carbons (Fsp3) is 0.524. The number of fused-ring (bicyclic) bond motifs is 2. The number of imide groups is 1. The molecule has 2 aromatic rings. The first-order valence-electron chi connectivity index (χ1n) is 10.4. The zero-order chi connectivity index (χ0) is 21.0. The van der Waals surface area contributed by atoms with Crippen molar-refractivity contribution in [3.05, 3.63) is 34.8 Å². The van der Waals surface area contributed by atoms with Crippen molar-refractivity contribution in [3.8, 4) is 0 Å². The largest absolute Gasteiger partial charge is 0.420 e. The van der Waals surface area contributed by atoms with Crippen molar-refractivity contribution in [2.24, 2.45) is 5.41 Å². The number of urea groups is 1. The molecule has 1 unspecified atom stereocenters. The number of carbonyl (C=O) groups is 3. The summed E-state index contributed by atoms with van der Waals surface area (Å²) in [6.07, 6.45) is 2.17. The maximum atomic E-state index is 12.8. The van der Waals surface area contributed by atoms with E-state index in [2.05, 4.69) is 0 Å². The molecule has 30 heavy (non-hydrogen) atoms. The van der Waals surface area contributed by atoms with Gasteiger partial charge < -0.3 is 14.2 Å². The number of nitrogens with zero attached hydrogens (tertiary/aromatic N) is 4. The molecule has 0 N–H and O–H groups in total. The highest BCUT2D eigenvalue weighted by Gasteiger charge is 2.56. The number of amides is 4. The van der Waals surface area contributed by atoms with Gasteiger partial charge in [-0.3, -0.25) is 19.1 Å². The zero-order valence-corrected chi connectivity index (χ0v) is 16.9. The quantitative estimate of drug-likeness (QED) is 0.707. The van der Waals surface area contributed by atoms with Gasteiger partial charge in [-0.05, 0) is 43.7 Å². The van der Waals surface area contributed by atoms with E-state index in [-0.39, 0.29) is 35.8 Å². The minimum Gasteiger partial charge on any atom is -0.408 e. The molecule has 1 aromatic heterocycles. The monoisotopic (exact) mass is 412 g/mol. The second-order valence-corrected chi connectivity index (χ2v) is 8.52. The minimum atomic E-state index is -0.535. The van der Waals surface area contributed by atoms with E-state index in [4.69, 9.17) is 4.42 Å². The summed E-state index contributed by atoms with van der Waals surface area (Å²) in [6.45, 7) is 3.86. The van der Waals surface area contributed by atoms with Gasteiger partial charge in [0.25, 0.3) is 5.91 Å². The van der Waals surface area contributed by atoms with Crippen LogP contribution in [0.3, 0.4) is 0 Å². The molecule has 1 atom stereocenters. The third-order valence-electron chi connectivity index (χ3n) is 6.90. The first-order valence-corrected chi connectivity index (χ1v) is 10.4. The Hall–Kier alpha value is -3.10. The average molecular weight is 412 g/mol. The molecule has 4 heterocycles. The van der Waals surface area contributed by atoms with E-state index in [9.17, 15) is 19.2 Å². The third kappa shape index (κ3) is 2.75. The molecule has 1 aromatic carbocycles. The van der Waals surface area contributed by atoms with Gasteiger partial charge in [-0.1, -0.05) is 12.1 Å². The normalized spacial score (nSPS) is 23.1. The standard InChI is InChI=1S/C21H24N4O5/c1-2-23-18(27)15-11-21(13-25(15)19(23)28)7-9-22(10-8-21)17(26)12-24-14-5-3-4-6-16(14)30-20(24)29/h3-6,15H,2,7-13H2,1H3. The fourth-order valence-corrected chi connectivity index (χ4v) is 5.19. The number of para-hydroxylation sites is 2. The van der Waals surface area contributed by atoms with Crippen molar-refractivity contribution >= 4 is 28.9 Å². The number of benzene rings is 1.